The van der Waals surface area contributed by atoms with Gasteiger partial charge in [0.25, 0.3) is 0 Å². The lowest BCUT2D eigenvalue weighted by atomic mass is 9.89. The molecule has 1 N–H and O–H groups in total. The number of anilines is 1. The number of aliphatic hydroxyl groups is 1. The van der Waals surface area contributed by atoms with E-state index >= 15 is 0 Å². The van der Waals surface area contributed by atoms with Crippen molar-refractivity contribution >= 4 is 24.2 Å². The zero-order valence-electron chi connectivity index (χ0n) is 17.3. The number of thiol groups is 1. The van der Waals surface area contributed by atoms with Gasteiger partial charge < -0.3 is 9.84 Å². The van der Waals surface area contributed by atoms with Gasteiger partial charge in [-0.25, -0.2) is 4.98 Å². The number of aromatic nitrogens is 1. The van der Waals surface area contributed by atoms with E-state index in [0.717, 1.165) is 37.9 Å². The highest BCUT2D eigenvalue weighted by atomic mass is 32.1. The van der Waals surface area contributed by atoms with E-state index in [1.807, 2.05) is 4.90 Å². The summed E-state index contributed by atoms with van der Waals surface area (Å²) in [5, 5.41) is 17.9. The molecule has 3 rings (SSSR count). The molecule has 1 amide bonds. The van der Waals surface area contributed by atoms with Crippen LogP contribution in [0, 0.1) is 11.3 Å². The monoisotopic (exact) mass is 458 g/mol. The number of carbonyl (C=O) groups excluding carboxylic acids is 1. The van der Waals surface area contributed by atoms with Gasteiger partial charge in [-0.3, -0.25) is 14.6 Å². The first-order valence-corrected chi connectivity index (χ1v) is 10.5. The first-order chi connectivity index (χ1) is 14.5. The summed E-state index contributed by atoms with van der Waals surface area (Å²) in [6.45, 7) is 3.70. The number of alkyl halides is 3. The number of nitrogens with zero attached hydrogens (tertiary/aromatic N) is 4. The Hall–Kier alpha value is -1.87. The van der Waals surface area contributed by atoms with Crippen LogP contribution in [0.5, 0.6) is 0 Å². The molecular weight excluding hydrogens is 433 g/mol. The number of hydrogen-bond acceptors (Lipinski definition) is 7. The highest BCUT2D eigenvalue weighted by Gasteiger charge is 2.54. The third kappa shape index (κ3) is 4.53. The van der Waals surface area contributed by atoms with Crippen molar-refractivity contribution in [1.82, 2.24) is 9.88 Å². The summed E-state index contributed by atoms with van der Waals surface area (Å²) in [5.41, 5.74) is -3.73. The lowest BCUT2D eigenvalue weighted by molar-refractivity contribution is -0.138. The Morgan fingerprint density at radius 3 is 2.55 bits per heavy atom. The minimum Gasteiger partial charge on any atom is -0.394 e. The molecule has 7 nitrogen and oxygen atoms in total. The average Bonchev–Trinajstić information content (AvgIpc) is 2.90. The maximum Gasteiger partial charge on any atom is 0.419 e. The van der Waals surface area contributed by atoms with Crippen LogP contribution >= 0.6 is 12.6 Å². The van der Waals surface area contributed by atoms with Gasteiger partial charge in [-0.1, -0.05) is 0 Å². The topological polar surface area (TPSA) is 89.7 Å². The van der Waals surface area contributed by atoms with Gasteiger partial charge in [-0.2, -0.15) is 18.4 Å². The molecule has 1 saturated carbocycles. The van der Waals surface area contributed by atoms with Gasteiger partial charge in [0.2, 0.25) is 5.91 Å². The van der Waals surface area contributed by atoms with Crippen LogP contribution in [0.25, 0.3) is 0 Å². The second-order valence-electron chi connectivity index (χ2n) is 8.21. The summed E-state index contributed by atoms with van der Waals surface area (Å²) in [4.78, 5) is 20.0. The van der Waals surface area contributed by atoms with E-state index in [0.29, 0.717) is 0 Å². The first kappa shape index (κ1) is 23.8. The van der Waals surface area contributed by atoms with Gasteiger partial charge >= 0.3 is 6.18 Å². The van der Waals surface area contributed by atoms with Crippen LogP contribution in [-0.4, -0.2) is 57.3 Å². The van der Waals surface area contributed by atoms with E-state index in [2.05, 4.69) is 17.6 Å². The van der Waals surface area contributed by atoms with E-state index in [4.69, 9.17) is 15.1 Å². The van der Waals surface area contributed by atoms with Crippen molar-refractivity contribution in [2.75, 3.05) is 18.1 Å². The molecular formula is C20H25F3N4O3S. The lowest BCUT2D eigenvalue weighted by Gasteiger charge is -2.41. The second kappa shape index (κ2) is 8.94. The molecule has 1 aliphatic heterocycles. The van der Waals surface area contributed by atoms with Crippen LogP contribution in [0.15, 0.2) is 12.3 Å². The van der Waals surface area contributed by atoms with Gasteiger partial charge in [0.15, 0.2) is 5.69 Å². The normalized spacial score (nSPS) is 26.8. The van der Waals surface area contributed by atoms with Crippen molar-refractivity contribution in [2.45, 2.75) is 68.9 Å². The molecule has 2 aliphatic rings. The Bertz CT molecular complexity index is 866. The summed E-state index contributed by atoms with van der Waals surface area (Å²) in [6.07, 6.45) is -0.658. The molecule has 11 heteroatoms. The average molecular weight is 459 g/mol. The molecule has 0 spiro atoms. The van der Waals surface area contributed by atoms with Crippen LogP contribution in [0.4, 0.5) is 18.9 Å². The van der Waals surface area contributed by atoms with Crippen LogP contribution in [0.3, 0.4) is 0 Å². The summed E-state index contributed by atoms with van der Waals surface area (Å²) in [6, 6.07) is 2.22. The third-order valence-corrected chi connectivity index (χ3v) is 6.39. The second-order valence-corrected chi connectivity index (χ2v) is 8.67. The number of pyridine rings is 1. The quantitative estimate of drug-likeness (QED) is 0.660. The summed E-state index contributed by atoms with van der Waals surface area (Å²) < 4.78 is 45.8. The molecule has 1 aromatic heterocycles. The molecule has 0 bridgehead atoms. The SMILES string of the molecule is CC1(C)C(=O)N(c2cnc(C#N)c(C(F)(F)F)c2)C(S)N1C1CCC(OCCO)CC1. The number of aliphatic hydroxyl groups excluding tert-OH is 1. The fourth-order valence-electron chi connectivity index (χ4n) is 4.42. The zero-order valence-corrected chi connectivity index (χ0v) is 18.2. The van der Waals surface area contributed by atoms with Crippen LogP contribution in [0.1, 0.15) is 50.8 Å². The van der Waals surface area contributed by atoms with Crippen molar-refractivity contribution in [3.63, 3.8) is 0 Å². The molecule has 170 valence electrons. The van der Waals surface area contributed by atoms with Crippen molar-refractivity contribution in [2.24, 2.45) is 0 Å². The number of nitriles is 1. The first-order valence-electron chi connectivity index (χ1n) is 10.0. The molecule has 1 atom stereocenters. The van der Waals surface area contributed by atoms with Crippen molar-refractivity contribution in [3.8, 4) is 6.07 Å². The highest BCUT2D eigenvalue weighted by Crippen LogP contribution is 2.42. The Labute approximate surface area is 184 Å². The summed E-state index contributed by atoms with van der Waals surface area (Å²) in [5.74, 6) is -0.384. The van der Waals surface area contributed by atoms with Gasteiger partial charge in [-0.05, 0) is 45.6 Å². The molecule has 0 radical (unpaired) electrons. The van der Waals surface area contributed by atoms with Gasteiger partial charge in [0.1, 0.15) is 11.6 Å². The Morgan fingerprint density at radius 2 is 2.00 bits per heavy atom. The van der Waals surface area contributed by atoms with Gasteiger partial charge in [0.05, 0.1) is 42.3 Å². The Morgan fingerprint density at radius 1 is 1.35 bits per heavy atom. The maximum atomic E-state index is 13.4. The number of ether oxygens (including phenoxy) is 1. The van der Waals surface area contributed by atoms with E-state index < -0.39 is 28.5 Å². The van der Waals surface area contributed by atoms with E-state index in [1.165, 1.54) is 11.0 Å². The predicted octanol–water partition coefficient (Wildman–Crippen LogP) is 2.93. The summed E-state index contributed by atoms with van der Waals surface area (Å²) in [7, 11) is 0. The van der Waals surface area contributed by atoms with Crippen LogP contribution in [0.2, 0.25) is 0 Å². The lowest BCUT2D eigenvalue weighted by Crippen LogP contribution is -2.52. The number of amides is 1. The van der Waals surface area contributed by atoms with E-state index in [9.17, 15) is 18.0 Å². The van der Waals surface area contributed by atoms with Crippen molar-refractivity contribution in [1.29, 1.82) is 5.26 Å². The number of hydrogen-bond donors (Lipinski definition) is 2. The predicted molar refractivity (Wildman–Crippen MR) is 109 cm³/mol. The number of halogens is 3. The highest BCUT2D eigenvalue weighted by molar-refractivity contribution is 7.81. The van der Waals surface area contributed by atoms with Gasteiger partial charge in [0, 0.05) is 6.04 Å². The van der Waals surface area contributed by atoms with Crippen LogP contribution < -0.4 is 4.90 Å². The van der Waals surface area contributed by atoms with E-state index in [1.54, 1.807) is 13.8 Å². The smallest absolute Gasteiger partial charge is 0.394 e. The minimum absolute atomic E-state index is 0.00569. The zero-order chi connectivity index (χ0) is 23.0. The Balaban J connectivity index is 1.87. The maximum absolute atomic E-state index is 13.4. The molecule has 1 aromatic rings. The van der Waals surface area contributed by atoms with Gasteiger partial charge in [-0.15, -0.1) is 12.6 Å². The molecule has 1 aliphatic carbocycles. The Kier molecular flexibility index (Phi) is 6.86. The molecule has 2 heterocycles. The number of rotatable bonds is 5. The van der Waals surface area contributed by atoms with Crippen molar-refractivity contribution in [3.05, 3.63) is 23.5 Å². The number of carbonyl (C=O) groups is 1. The third-order valence-electron chi connectivity index (χ3n) is 5.91. The minimum atomic E-state index is -4.77. The van der Waals surface area contributed by atoms with E-state index in [-0.39, 0.29) is 37.0 Å². The molecule has 0 aromatic carbocycles. The standard InChI is InChI=1S/C20H25F3N4O3S/c1-19(2)17(29)26(13-9-15(20(21,22)23)16(10-24)25-11-13)18(31)27(19)12-3-5-14(6-4-12)30-8-7-28/h9,11-12,14,18,28,31H,3-8H2,1-2H3. The molecule has 1 saturated heterocycles. The molecule has 31 heavy (non-hydrogen) atoms. The summed E-state index contributed by atoms with van der Waals surface area (Å²) >= 11 is 4.60. The largest absolute Gasteiger partial charge is 0.419 e. The fourth-order valence-corrected chi connectivity index (χ4v) is 5.13. The molecule has 1 unspecified atom stereocenters. The van der Waals surface area contributed by atoms with Crippen LogP contribution in [-0.2, 0) is 15.7 Å². The van der Waals surface area contributed by atoms with Crippen molar-refractivity contribution < 1.29 is 27.8 Å². The fraction of sp³-hybridized carbons (Fsp3) is 0.650. The molecule has 2 fully saturated rings.